The Morgan fingerprint density at radius 1 is 1.29 bits per heavy atom. The van der Waals surface area contributed by atoms with Gasteiger partial charge in [0.25, 0.3) is 11.5 Å². The quantitative estimate of drug-likeness (QED) is 0.746. The summed E-state index contributed by atoms with van der Waals surface area (Å²) >= 11 is 0. The smallest absolute Gasteiger partial charge is 0.292 e. The normalized spacial score (nSPS) is 14.4. The molecule has 0 spiro atoms. The zero-order valence-electron chi connectivity index (χ0n) is 12.3. The first-order chi connectivity index (χ1) is 10.2. The summed E-state index contributed by atoms with van der Waals surface area (Å²) in [7, 11) is 0. The summed E-state index contributed by atoms with van der Waals surface area (Å²) in [4.78, 5) is 25.9. The minimum atomic E-state index is -0.191. The van der Waals surface area contributed by atoms with Crippen LogP contribution in [-0.4, -0.2) is 41.6 Å². The zero-order valence-corrected chi connectivity index (χ0v) is 12.3. The topological polar surface area (TPSA) is 77.6 Å². The van der Waals surface area contributed by atoms with Crippen molar-refractivity contribution in [3.05, 3.63) is 28.7 Å². The molecule has 1 amide bonds. The molecule has 2 rings (SSSR count). The van der Waals surface area contributed by atoms with Crippen LogP contribution in [0.25, 0.3) is 0 Å². The highest BCUT2D eigenvalue weighted by Crippen LogP contribution is 2.09. The highest BCUT2D eigenvalue weighted by molar-refractivity contribution is 5.77. The van der Waals surface area contributed by atoms with Gasteiger partial charge in [0.1, 0.15) is 0 Å². The van der Waals surface area contributed by atoms with Gasteiger partial charge in [-0.05, 0) is 44.4 Å². The van der Waals surface area contributed by atoms with Gasteiger partial charge in [0.15, 0.2) is 12.4 Å². The lowest BCUT2D eigenvalue weighted by molar-refractivity contribution is -0.132. The maximum absolute atomic E-state index is 12.2. The predicted octanol–water partition coefficient (Wildman–Crippen LogP) is 0.588. The van der Waals surface area contributed by atoms with Crippen LogP contribution in [0.3, 0.4) is 0 Å². The van der Waals surface area contributed by atoms with E-state index >= 15 is 0 Å². The lowest BCUT2D eigenvalue weighted by Crippen LogP contribution is -2.33. The summed E-state index contributed by atoms with van der Waals surface area (Å²) in [5.74, 6) is 0.184. The molecule has 1 aliphatic heterocycles. The molecule has 1 aromatic rings. The lowest BCUT2D eigenvalue weighted by Gasteiger charge is -2.15. The number of aromatic nitrogens is 1. The Morgan fingerprint density at radius 2 is 2.05 bits per heavy atom. The second-order valence-electron chi connectivity index (χ2n) is 5.24. The molecule has 6 nitrogen and oxygen atoms in total. The van der Waals surface area contributed by atoms with Crippen LogP contribution in [0, 0.1) is 0 Å². The van der Waals surface area contributed by atoms with Gasteiger partial charge >= 0.3 is 0 Å². The van der Waals surface area contributed by atoms with Gasteiger partial charge in [-0.25, -0.2) is 0 Å². The highest BCUT2D eigenvalue weighted by Gasteiger charge is 2.18. The van der Waals surface area contributed by atoms with E-state index in [1.54, 1.807) is 27.8 Å². The largest absolute Gasteiger partial charge is 0.478 e. The molecule has 21 heavy (non-hydrogen) atoms. The minimum absolute atomic E-state index is 0.0505. The van der Waals surface area contributed by atoms with E-state index in [2.05, 4.69) is 0 Å². The van der Waals surface area contributed by atoms with E-state index in [9.17, 15) is 9.59 Å². The first-order valence-corrected chi connectivity index (χ1v) is 7.52. The number of hydrogen-bond acceptors (Lipinski definition) is 4. The van der Waals surface area contributed by atoms with Crippen molar-refractivity contribution < 1.29 is 9.53 Å². The summed E-state index contributed by atoms with van der Waals surface area (Å²) in [6, 6.07) is 3.37. The van der Waals surface area contributed by atoms with Crippen molar-refractivity contribution in [2.24, 2.45) is 5.73 Å². The van der Waals surface area contributed by atoms with E-state index in [1.807, 2.05) is 0 Å². The average molecular weight is 293 g/mol. The lowest BCUT2D eigenvalue weighted by atomic mass is 10.3. The van der Waals surface area contributed by atoms with Crippen LogP contribution >= 0.6 is 0 Å². The molecule has 0 radical (unpaired) electrons. The fourth-order valence-corrected chi connectivity index (χ4v) is 2.42. The maximum Gasteiger partial charge on any atom is 0.292 e. The molecule has 116 valence electrons. The van der Waals surface area contributed by atoms with E-state index in [-0.39, 0.29) is 23.8 Å². The van der Waals surface area contributed by atoms with E-state index in [0.29, 0.717) is 13.1 Å². The summed E-state index contributed by atoms with van der Waals surface area (Å²) in [6.07, 6.45) is 5.56. The molecule has 6 heteroatoms. The second-order valence-corrected chi connectivity index (χ2v) is 5.24. The Labute approximate surface area is 124 Å². The summed E-state index contributed by atoms with van der Waals surface area (Å²) in [5.41, 5.74) is 5.26. The number of aryl methyl sites for hydroxylation is 1. The number of rotatable bonds is 7. The van der Waals surface area contributed by atoms with E-state index in [0.717, 1.165) is 38.8 Å². The number of unbranched alkanes of at least 4 members (excludes halogenated alkanes) is 1. The van der Waals surface area contributed by atoms with Gasteiger partial charge < -0.3 is 19.9 Å². The molecule has 1 aromatic heterocycles. The average Bonchev–Trinajstić information content (AvgIpc) is 3.02. The molecule has 0 aromatic carbocycles. The Balaban J connectivity index is 1.92. The van der Waals surface area contributed by atoms with E-state index in [1.165, 1.54) is 0 Å². The molecular formula is C15H23N3O3. The predicted molar refractivity (Wildman–Crippen MR) is 80.3 cm³/mol. The third kappa shape index (κ3) is 4.32. The Kier molecular flexibility index (Phi) is 5.80. The molecule has 2 N–H and O–H groups in total. The fourth-order valence-electron chi connectivity index (χ4n) is 2.42. The molecule has 0 unspecified atom stereocenters. The number of nitrogens with zero attached hydrogens (tertiary/aromatic N) is 2. The number of carbonyl (C=O) groups excluding carboxylic acids is 1. The van der Waals surface area contributed by atoms with Gasteiger partial charge in [0, 0.05) is 25.8 Å². The van der Waals surface area contributed by atoms with Gasteiger partial charge in [0.05, 0.1) is 0 Å². The van der Waals surface area contributed by atoms with Gasteiger partial charge in [-0.1, -0.05) is 0 Å². The molecule has 0 aliphatic carbocycles. The van der Waals surface area contributed by atoms with E-state index in [4.69, 9.17) is 10.5 Å². The van der Waals surface area contributed by atoms with Crippen molar-refractivity contribution in [2.75, 3.05) is 26.2 Å². The summed E-state index contributed by atoms with van der Waals surface area (Å²) < 4.78 is 7.01. The molecule has 2 heterocycles. The van der Waals surface area contributed by atoms with Crippen LogP contribution in [0.4, 0.5) is 0 Å². The number of nitrogens with two attached hydrogens (primary N) is 1. The Morgan fingerprint density at radius 3 is 2.76 bits per heavy atom. The van der Waals surface area contributed by atoms with Crippen molar-refractivity contribution in [1.82, 2.24) is 9.47 Å². The number of ether oxygens (including phenoxy) is 1. The van der Waals surface area contributed by atoms with Crippen molar-refractivity contribution in [2.45, 2.75) is 32.2 Å². The fraction of sp³-hybridized carbons (Fsp3) is 0.600. The number of amides is 1. The SMILES string of the molecule is NCCCCn1cccc(OCC(=O)N2CCCC2)c1=O. The Hall–Kier alpha value is -1.82. The van der Waals surface area contributed by atoms with Crippen molar-refractivity contribution in [3.8, 4) is 5.75 Å². The number of pyridine rings is 1. The summed E-state index contributed by atoms with van der Waals surface area (Å²) in [6.45, 7) is 2.76. The van der Waals surface area contributed by atoms with Crippen molar-refractivity contribution in [3.63, 3.8) is 0 Å². The van der Waals surface area contributed by atoms with Gasteiger partial charge in [-0.15, -0.1) is 0 Å². The summed E-state index contributed by atoms with van der Waals surface area (Å²) in [5, 5.41) is 0. The van der Waals surface area contributed by atoms with Crippen LogP contribution in [0.15, 0.2) is 23.1 Å². The maximum atomic E-state index is 12.2. The molecule has 1 aliphatic rings. The third-order valence-electron chi connectivity index (χ3n) is 3.65. The molecule has 0 bridgehead atoms. The number of hydrogen-bond donors (Lipinski definition) is 1. The molecule has 1 fully saturated rings. The molecule has 1 saturated heterocycles. The first kappa shape index (κ1) is 15.6. The van der Waals surface area contributed by atoms with Gasteiger partial charge in [-0.3, -0.25) is 9.59 Å². The van der Waals surface area contributed by atoms with E-state index < -0.39 is 0 Å². The number of likely N-dealkylation sites (tertiary alicyclic amines) is 1. The van der Waals surface area contributed by atoms with Crippen LogP contribution in [-0.2, 0) is 11.3 Å². The van der Waals surface area contributed by atoms with Crippen molar-refractivity contribution >= 4 is 5.91 Å². The molecular weight excluding hydrogens is 270 g/mol. The Bertz CT molecular complexity index is 521. The van der Waals surface area contributed by atoms with Gasteiger partial charge in [0.2, 0.25) is 0 Å². The standard InChI is InChI=1S/C15H23N3O3/c16-7-1-2-10-18-11-5-6-13(15(18)20)21-12-14(19)17-8-3-4-9-17/h5-6,11H,1-4,7-10,12,16H2. The van der Waals surface area contributed by atoms with Crippen LogP contribution in [0.1, 0.15) is 25.7 Å². The number of carbonyl (C=O) groups is 1. The van der Waals surface area contributed by atoms with Crippen molar-refractivity contribution in [1.29, 1.82) is 0 Å². The van der Waals surface area contributed by atoms with Crippen LogP contribution < -0.4 is 16.0 Å². The van der Waals surface area contributed by atoms with Gasteiger partial charge in [-0.2, -0.15) is 0 Å². The van der Waals surface area contributed by atoms with Crippen LogP contribution in [0.2, 0.25) is 0 Å². The zero-order chi connectivity index (χ0) is 15.1. The van der Waals surface area contributed by atoms with Crippen LogP contribution in [0.5, 0.6) is 5.75 Å². The highest BCUT2D eigenvalue weighted by atomic mass is 16.5. The second kappa shape index (κ2) is 7.83. The third-order valence-corrected chi connectivity index (χ3v) is 3.65. The monoisotopic (exact) mass is 293 g/mol. The molecule has 0 atom stereocenters. The minimum Gasteiger partial charge on any atom is -0.478 e. The molecule has 0 saturated carbocycles. The first-order valence-electron chi connectivity index (χ1n) is 7.52.